The maximum atomic E-state index is 6.13. The van der Waals surface area contributed by atoms with Gasteiger partial charge in [0.1, 0.15) is 0 Å². The van der Waals surface area contributed by atoms with Gasteiger partial charge in [-0.05, 0) is 30.5 Å². The molecule has 2 N–H and O–H groups in total. The molecule has 0 aliphatic carbocycles. The number of hydrogen-bond acceptors (Lipinski definition) is 3. The van der Waals surface area contributed by atoms with Crippen LogP contribution in [0.3, 0.4) is 0 Å². The zero-order chi connectivity index (χ0) is 13.4. The lowest BCUT2D eigenvalue weighted by Gasteiger charge is -2.24. The van der Waals surface area contributed by atoms with E-state index in [0.29, 0.717) is 13.2 Å². The largest absolute Gasteiger partial charge is 0.385 e. The van der Waals surface area contributed by atoms with E-state index in [4.69, 9.17) is 15.2 Å². The molecule has 18 heavy (non-hydrogen) atoms. The predicted octanol–water partition coefficient (Wildman–Crippen LogP) is 3.28. The smallest absolute Gasteiger partial charge is 0.0975 e. The summed E-state index contributed by atoms with van der Waals surface area (Å²) in [6, 6.07) is 8.17. The zero-order valence-corrected chi connectivity index (χ0v) is 12.7. The van der Waals surface area contributed by atoms with Crippen LogP contribution in [0.25, 0.3) is 0 Å². The van der Waals surface area contributed by atoms with Crippen LogP contribution in [0.1, 0.15) is 31.4 Å². The second-order valence-corrected chi connectivity index (χ2v) is 5.18. The predicted molar refractivity (Wildman–Crippen MR) is 77.6 cm³/mol. The number of methoxy groups -OCH3 is 1. The summed E-state index contributed by atoms with van der Waals surface area (Å²) in [5.74, 6) is 0. The minimum atomic E-state index is -0.0417. The van der Waals surface area contributed by atoms with Gasteiger partial charge in [0, 0.05) is 30.8 Å². The molecule has 0 amide bonds. The van der Waals surface area contributed by atoms with Gasteiger partial charge in [0.05, 0.1) is 6.10 Å². The molecule has 0 radical (unpaired) electrons. The van der Waals surface area contributed by atoms with Gasteiger partial charge in [-0.15, -0.1) is 0 Å². The van der Waals surface area contributed by atoms with Crippen LogP contribution in [0.5, 0.6) is 0 Å². The number of benzene rings is 1. The molecule has 0 saturated heterocycles. The van der Waals surface area contributed by atoms with Gasteiger partial charge in [-0.1, -0.05) is 35.0 Å². The van der Waals surface area contributed by atoms with E-state index in [2.05, 4.69) is 35.0 Å². The molecule has 0 aromatic heterocycles. The molecule has 3 nitrogen and oxygen atoms in total. The highest BCUT2D eigenvalue weighted by atomic mass is 79.9. The number of hydrogen-bond donors (Lipinski definition) is 1. The Bertz CT molecular complexity index is 329. The first-order valence-electron chi connectivity index (χ1n) is 6.30. The summed E-state index contributed by atoms with van der Waals surface area (Å²) < 4.78 is 12.0. The SMILES string of the molecule is CCC(N)C(OCCCOC)c1ccc(Br)cc1. The number of rotatable bonds is 8. The third kappa shape index (κ3) is 5.06. The van der Waals surface area contributed by atoms with Crippen LogP contribution in [0.2, 0.25) is 0 Å². The first-order chi connectivity index (χ1) is 8.69. The molecule has 2 atom stereocenters. The third-order valence-electron chi connectivity index (χ3n) is 2.85. The van der Waals surface area contributed by atoms with E-state index >= 15 is 0 Å². The van der Waals surface area contributed by atoms with Gasteiger partial charge in [0.15, 0.2) is 0 Å². The lowest BCUT2D eigenvalue weighted by atomic mass is 10.0. The summed E-state index contributed by atoms with van der Waals surface area (Å²) in [5.41, 5.74) is 7.26. The van der Waals surface area contributed by atoms with E-state index in [1.165, 1.54) is 0 Å². The third-order valence-corrected chi connectivity index (χ3v) is 3.38. The van der Waals surface area contributed by atoms with Gasteiger partial charge in [-0.2, -0.15) is 0 Å². The lowest BCUT2D eigenvalue weighted by molar-refractivity contribution is 0.0222. The summed E-state index contributed by atoms with van der Waals surface area (Å²) in [6.07, 6.45) is 1.74. The van der Waals surface area contributed by atoms with Crippen molar-refractivity contribution in [3.8, 4) is 0 Å². The molecule has 0 bridgehead atoms. The van der Waals surface area contributed by atoms with Crippen molar-refractivity contribution in [1.29, 1.82) is 0 Å². The first kappa shape index (κ1) is 15.6. The highest BCUT2D eigenvalue weighted by Gasteiger charge is 2.18. The Morgan fingerprint density at radius 3 is 2.44 bits per heavy atom. The van der Waals surface area contributed by atoms with Crippen LogP contribution in [0, 0.1) is 0 Å². The fourth-order valence-electron chi connectivity index (χ4n) is 1.75. The first-order valence-corrected chi connectivity index (χ1v) is 7.10. The Balaban J connectivity index is 2.63. The highest BCUT2D eigenvalue weighted by Crippen LogP contribution is 2.24. The molecule has 4 heteroatoms. The highest BCUT2D eigenvalue weighted by molar-refractivity contribution is 9.10. The number of ether oxygens (including phenoxy) is 2. The van der Waals surface area contributed by atoms with Crippen LogP contribution < -0.4 is 5.73 Å². The van der Waals surface area contributed by atoms with Gasteiger partial charge in [0.2, 0.25) is 0 Å². The number of nitrogens with two attached hydrogens (primary N) is 1. The zero-order valence-electron chi connectivity index (χ0n) is 11.1. The minimum absolute atomic E-state index is 0.0220. The summed E-state index contributed by atoms with van der Waals surface area (Å²) in [6.45, 7) is 3.46. The van der Waals surface area contributed by atoms with Crippen molar-refractivity contribution < 1.29 is 9.47 Å². The molecule has 0 spiro atoms. The van der Waals surface area contributed by atoms with Crippen molar-refractivity contribution in [3.05, 3.63) is 34.3 Å². The Labute approximate surface area is 118 Å². The summed E-state index contributed by atoms with van der Waals surface area (Å²) >= 11 is 3.43. The molecule has 0 heterocycles. The van der Waals surface area contributed by atoms with Gasteiger partial charge in [-0.25, -0.2) is 0 Å². The average molecular weight is 316 g/mol. The lowest BCUT2D eigenvalue weighted by Crippen LogP contribution is -2.30. The van der Waals surface area contributed by atoms with Crippen molar-refractivity contribution >= 4 is 15.9 Å². The van der Waals surface area contributed by atoms with Crippen LogP contribution in [-0.4, -0.2) is 26.4 Å². The Hall–Kier alpha value is -0.420. The normalized spacial score (nSPS) is 14.4. The van der Waals surface area contributed by atoms with E-state index in [9.17, 15) is 0 Å². The van der Waals surface area contributed by atoms with Crippen LogP contribution in [0.4, 0.5) is 0 Å². The molecular weight excluding hydrogens is 294 g/mol. The van der Waals surface area contributed by atoms with E-state index in [1.54, 1.807) is 7.11 Å². The standard InChI is InChI=1S/C14H22BrNO2/c1-3-13(16)14(18-10-4-9-17-2)11-5-7-12(15)8-6-11/h5-8,13-14H,3-4,9-10,16H2,1-2H3. The second-order valence-electron chi connectivity index (χ2n) is 4.26. The van der Waals surface area contributed by atoms with E-state index in [0.717, 1.165) is 22.9 Å². The van der Waals surface area contributed by atoms with Crippen LogP contribution in [-0.2, 0) is 9.47 Å². The van der Waals surface area contributed by atoms with Crippen molar-refractivity contribution in [2.75, 3.05) is 20.3 Å². The average Bonchev–Trinajstić information content (AvgIpc) is 2.39. The molecule has 2 unspecified atom stereocenters. The molecule has 0 aliphatic heterocycles. The van der Waals surface area contributed by atoms with Crippen molar-refractivity contribution in [2.45, 2.75) is 31.9 Å². The van der Waals surface area contributed by atoms with E-state index < -0.39 is 0 Å². The van der Waals surface area contributed by atoms with Gasteiger partial charge in [0.25, 0.3) is 0 Å². The summed E-state index contributed by atoms with van der Waals surface area (Å²) in [7, 11) is 1.70. The van der Waals surface area contributed by atoms with Crippen molar-refractivity contribution in [1.82, 2.24) is 0 Å². The maximum absolute atomic E-state index is 6.13. The molecule has 0 saturated carbocycles. The number of halogens is 1. The fraction of sp³-hybridized carbons (Fsp3) is 0.571. The Kier molecular flexibility index (Phi) is 7.51. The molecule has 102 valence electrons. The van der Waals surface area contributed by atoms with Gasteiger partial charge >= 0.3 is 0 Å². The van der Waals surface area contributed by atoms with Crippen molar-refractivity contribution in [2.24, 2.45) is 5.73 Å². The molecule has 0 aliphatic rings. The summed E-state index contributed by atoms with van der Waals surface area (Å²) in [4.78, 5) is 0. The Morgan fingerprint density at radius 2 is 1.89 bits per heavy atom. The van der Waals surface area contributed by atoms with E-state index in [-0.39, 0.29) is 12.1 Å². The fourth-order valence-corrected chi connectivity index (χ4v) is 2.01. The minimum Gasteiger partial charge on any atom is -0.385 e. The van der Waals surface area contributed by atoms with Crippen molar-refractivity contribution in [3.63, 3.8) is 0 Å². The van der Waals surface area contributed by atoms with Gasteiger partial charge in [-0.3, -0.25) is 0 Å². The topological polar surface area (TPSA) is 44.5 Å². The molecule has 0 fully saturated rings. The second kappa shape index (κ2) is 8.64. The van der Waals surface area contributed by atoms with Crippen LogP contribution >= 0.6 is 15.9 Å². The molecule has 1 rings (SSSR count). The van der Waals surface area contributed by atoms with E-state index in [1.807, 2.05) is 12.1 Å². The molecule has 1 aromatic carbocycles. The monoisotopic (exact) mass is 315 g/mol. The van der Waals surface area contributed by atoms with Gasteiger partial charge < -0.3 is 15.2 Å². The quantitative estimate of drug-likeness (QED) is 0.749. The van der Waals surface area contributed by atoms with Crippen LogP contribution in [0.15, 0.2) is 28.7 Å². The molecular formula is C14H22BrNO2. The molecule has 1 aromatic rings. The Morgan fingerprint density at radius 1 is 1.22 bits per heavy atom. The maximum Gasteiger partial charge on any atom is 0.0975 e. The summed E-state index contributed by atoms with van der Waals surface area (Å²) in [5, 5.41) is 0.